The van der Waals surface area contributed by atoms with Crippen molar-refractivity contribution in [3.63, 3.8) is 0 Å². The molecule has 0 saturated carbocycles. The van der Waals surface area contributed by atoms with E-state index in [0.717, 1.165) is 12.1 Å². The van der Waals surface area contributed by atoms with Gasteiger partial charge in [0.1, 0.15) is 5.69 Å². The molecule has 3 N–H and O–H groups in total. The van der Waals surface area contributed by atoms with Crippen LogP contribution in [0, 0.1) is 11.6 Å². The Morgan fingerprint density at radius 3 is 2.47 bits per heavy atom. The third kappa shape index (κ3) is 3.87. The zero-order valence-corrected chi connectivity index (χ0v) is 10.9. The van der Waals surface area contributed by atoms with Crippen LogP contribution in [-0.4, -0.2) is 37.6 Å². The molecular weight excluding hydrogens is 256 g/mol. The van der Waals surface area contributed by atoms with Gasteiger partial charge in [0.2, 0.25) is 0 Å². The Morgan fingerprint density at radius 1 is 1.42 bits per heavy atom. The lowest BCUT2D eigenvalue weighted by Crippen LogP contribution is -2.30. The number of nitrogens with two attached hydrogens (primary N) is 1. The number of hydrogen-bond acceptors (Lipinski definition) is 4. The third-order valence-corrected chi connectivity index (χ3v) is 2.56. The molecule has 0 aliphatic carbocycles. The number of nitrogens with zero attached hydrogens (tertiary/aromatic N) is 1. The Kier molecular flexibility index (Phi) is 5.65. The third-order valence-electron chi connectivity index (χ3n) is 2.56. The highest BCUT2D eigenvalue weighted by Crippen LogP contribution is 2.20. The van der Waals surface area contributed by atoms with Gasteiger partial charge in [-0.05, 0) is 19.1 Å². The van der Waals surface area contributed by atoms with Crippen LogP contribution in [0.4, 0.5) is 14.5 Å². The quantitative estimate of drug-likeness (QED) is 0.466. The maximum atomic E-state index is 13.5. The minimum Gasteiger partial charge on any atom is -0.380 e. The van der Waals surface area contributed by atoms with E-state index in [2.05, 4.69) is 0 Å². The van der Waals surface area contributed by atoms with Crippen LogP contribution in [0.5, 0.6) is 0 Å². The van der Waals surface area contributed by atoms with Gasteiger partial charge in [-0.1, -0.05) is 0 Å². The van der Waals surface area contributed by atoms with Gasteiger partial charge in [0, 0.05) is 25.8 Å². The van der Waals surface area contributed by atoms with Crippen LogP contribution in [0.25, 0.3) is 0 Å². The lowest BCUT2D eigenvalue weighted by Gasteiger charge is -2.17. The smallest absolute Gasteiger partial charge is 0.253 e. The molecule has 0 radical (unpaired) electrons. The first-order valence-corrected chi connectivity index (χ1v) is 5.80. The number of rotatable bonds is 6. The van der Waals surface area contributed by atoms with Crippen molar-refractivity contribution >= 4 is 11.6 Å². The van der Waals surface area contributed by atoms with E-state index >= 15 is 0 Å². The van der Waals surface area contributed by atoms with Crippen molar-refractivity contribution in [2.24, 2.45) is 5.84 Å². The Balaban J connectivity index is 2.82. The first-order valence-electron chi connectivity index (χ1n) is 5.80. The first-order chi connectivity index (χ1) is 9.01. The molecule has 0 aliphatic heterocycles. The molecule has 0 saturated heterocycles. The number of halogens is 2. The van der Waals surface area contributed by atoms with Crippen molar-refractivity contribution in [3.8, 4) is 0 Å². The number of amides is 1. The Morgan fingerprint density at radius 2 is 2.00 bits per heavy atom. The molecule has 0 atom stereocenters. The zero-order valence-electron chi connectivity index (χ0n) is 10.9. The second-order valence-corrected chi connectivity index (χ2v) is 3.88. The number of benzene rings is 1. The molecule has 0 aliphatic rings. The summed E-state index contributed by atoms with van der Waals surface area (Å²) in [4.78, 5) is 13.3. The van der Waals surface area contributed by atoms with E-state index in [4.69, 9.17) is 10.6 Å². The predicted octanol–water partition coefficient (Wildman–Crippen LogP) is 1.36. The number of nitrogens with one attached hydrogen (secondary N) is 1. The van der Waals surface area contributed by atoms with Crippen LogP contribution >= 0.6 is 0 Å². The molecule has 106 valence electrons. The van der Waals surface area contributed by atoms with Gasteiger partial charge >= 0.3 is 0 Å². The number of likely N-dealkylation sites (N-methyl/N-ethyl adjacent to an activating group) is 1. The van der Waals surface area contributed by atoms with E-state index in [0.29, 0.717) is 19.8 Å². The number of carbonyl (C=O) groups is 1. The maximum Gasteiger partial charge on any atom is 0.253 e. The summed E-state index contributed by atoms with van der Waals surface area (Å²) in [6.07, 6.45) is 0. The highest BCUT2D eigenvalue weighted by atomic mass is 19.1. The molecule has 1 amide bonds. The van der Waals surface area contributed by atoms with Crippen LogP contribution in [-0.2, 0) is 4.74 Å². The number of hydrazine groups is 1. The molecule has 0 spiro atoms. The summed E-state index contributed by atoms with van der Waals surface area (Å²) in [5.74, 6) is 2.67. The van der Waals surface area contributed by atoms with E-state index in [-0.39, 0.29) is 5.56 Å². The van der Waals surface area contributed by atoms with Gasteiger partial charge in [-0.3, -0.25) is 10.6 Å². The average molecular weight is 273 g/mol. The van der Waals surface area contributed by atoms with Crippen molar-refractivity contribution in [3.05, 3.63) is 29.3 Å². The summed E-state index contributed by atoms with van der Waals surface area (Å²) in [5.41, 5.74) is 1.37. The Bertz CT molecular complexity index is 432. The van der Waals surface area contributed by atoms with Crippen molar-refractivity contribution in [1.82, 2.24) is 4.90 Å². The average Bonchev–Trinajstić information content (AvgIpc) is 2.37. The molecule has 1 aromatic rings. The first kappa shape index (κ1) is 15.3. The van der Waals surface area contributed by atoms with E-state index in [1.807, 2.05) is 12.3 Å². The molecule has 1 rings (SSSR count). The summed E-state index contributed by atoms with van der Waals surface area (Å²) in [7, 11) is 1.53. The highest BCUT2D eigenvalue weighted by Gasteiger charge is 2.17. The van der Waals surface area contributed by atoms with Crippen molar-refractivity contribution in [2.45, 2.75) is 6.92 Å². The number of carbonyl (C=O) groups excluding carboxylic acids is 1. The summed E-state index contributed by atoms with van der Waals surface area (Å²) in [6, 6.07) is 1.88. The standard InChI is InChI=1S/C12H17F2N3O2/c1-3-19-5-4-17(2)12(18)8-6-9(13)11(16-15)10(14)7-8/h6-7,16H,3-5,15H2,1-2H3. The van der Waals surface area contributed by atoms with E-state index < -0.39 is 23.2 Å². The van der Waals surface area contributed by atoms with Gasteiger partial charge in [-0.15, -0.1) is 0 Å². The van der Waals surface area contributed by atoms with Crippen LogP contribution in [0.2, 0.25) is 0 Å². The van der Waals surface area contributed by atoms with Crippen LogP contribution in [0.15, 0.2) is 12.1 Å². The summed E-state index contributed by atoms with van der Waals surface area (Å²) in [5, 5.41) is 0. The van der Waals surface area contributed by atoms with Crippen LogP contribution in [0.3, 0.4) is 0 Å². The molecule has 0 heterocycles. The Hall–Kier alpha value is -1.73. The Labute approximate surface area is 110 Å². The summed E-state index contributed by atoms with van der Waals surface area (Å²) < 4.78 is 32.0. The fraction of sp³-hybridized carbons (Fsp3) is 0.417. The second-order valence-electron chi connectivity index (χ2n) is 3.88. The van der Waals surface area contributed by atoms with Gasteiger partial charge in [0.15, 0.2) is 11.6 Å². The van der Waals surface area contributed by atoms with Crippen molar-refractivity contribution < 1.29 is 18.3 Å². The fourth-order valence-electron chi connectivity index (χ4n) is 1.50. The van der Waals surface area contributed by atoms with E-state index in [1.165, 1.54) is 11.9 Å². The van der Waals surface area contributed by atoms with Gasteiger partial charge in [-0.2, -0.15) is 0 Å². The molecule has 1 aromatic carbocycles. The van der Waals surface area contributed by atoms with Gasteiger partial charge in [0.05, 0.1) is 6.61 Å². The molecule has 0 bridgehead atoms. The normalized spacial score (nSPS) is 10.4. The SMILES string of the molecule is CCOCCN(C)C(=O)c1cc(F)c(NN)c(F)c1. The van der Waals surface area contributed by atoms with Crippen molar-refractivity contribution in [2.75, 3.05) is 32.2 Å². The minimum absolute atomic E-state index is 0.0759. The number of nitrogen functional groups attached to an aromatic ring is 1. The molecule has 7 heteroatoms. The predicted molar refractivity (Wildman–Crippen MR) is 67.6 cm³/mol. The number of anilines is 1. The monoisotopic (exact) mass is 273 g/mol. The molecule has 0 fully saturated rings. The minimum atomic E-state index is -0.913. The summed E-state index contributed by atoms with van der Waals surface area (Å²) >= 11 is 0. The van der Waals surface area contributed by atoms with Gasteiger partial charge in [0.25, 0.3) is 5.91 Å². The molecule has 0 aromatic heterocycles. The number of ether oxygens (including phenoxy) is 1. The number of hydrogen-bond donors (Lipinski definition) is 2. The summed E-state index contributed by atoms with van der Waals surface area (Å²) in [6.45, 7) is 3.09. The van der Waals surface area contributed by atoms with E-state index in [1.54, 1.807) is 0 Å². The van der Waals surface area contributed by atoms with Crippen molar-refractivity contribution in [1.29, 1.82) is 0 Å². The molecule has 5 nitrogen and oxygen atoms in total. The van der Waals surface area contributed by atoms with E-state index in [9.17, 15) is 13.6 Å². The largest absolute Gasteiger partial charge is 0.380 e. The lowest BCUT2D eigenvalue weighted by molar-refractivity contribution is 0.0709. The van der Waals surface area contributed by atoms with Crippen LogP contribution in [0.1, 0.15) is 17.3 Å². The molecule has 19 heavy (non-hydrogen) atoms. The topological polar surface area (TPSA) is 67.6 Å². The maximum absolute atomic E-state index is 13.5. The lowest BCUT2D eigenvalue weighted by atomic mass is 10.1. The zero-order chi connectivity index (χ0) is 14.4. The van der Waals surface area contributed by atoms with Gasteiger partial charge < -0.3 is 15.1 Å². The second kappa shape index (κ2) is 7.01. The van der Waals surface area contributed by atoms with Gasteiger partial charge in [-0.25, -0.2) is 8.78 Å². The molecule has 0 unspecified atom stereocenters. The highest BCUT2D eigenvalue weighted by molar-refractivity contribution is 5.94. The fourth-order valence-corrected chi connectivity index (χ4v) is 1.50. The molecular formula is C12H17F2N3O2. The van der Waals surface area contributed by atoms with Crippen LogP contribution < -0.4 is 11.3 Å².